The molecule has 2 aromatic rings. The normalized spacial score (nSPS) is 28.0. The lowest BCUT2D eigenvalue weighted by molar-refractivity contribution is -0.143. The maximum atomic E-state index is 13.8. The highest BCUT2D eigenvalue weighted by Gasteiger charge is 2.70. The summed E-state index contributed by atoms with van der Waals surface area (Å²) >= 11 is 6.41. The topological polar surface area (TPSA) is 140 Å². The van der Waals surface area contributed by atoms with Crippen LogP contribution < -0.4 is 25.8 Å². The summed E-state index contributed by atoms with van der Waals surface area (Å²) in [4.78, 5) is 54.0. The summed E-state index contributed by atoms with van der Waals surface area (Å²) in [7, 11) is 0. The number of fused-ring (bicyclic) bond motifs is 5. The summed E-state index contributed by atoms with van der Waals surface area (Å²) in [6.07, 6.45) is -0.206. The predicted octanol–water partition coefficient (Wildman–Crippen LogP) is 1.17. The van der Waals surface area contributed by atoms with E-state index in [1.54, 1.807) is 30.3 Å². The molecular formula is C24H21ClN4O6. The minimum absolute atomic E-state index is 0.0102. The van der Waals surface area contributed by atoms with Gasteiger partial charge < -0.3 is 20.5 Å². The third-order valence-corrected chi connectivity index (χ3v) is 7.51. The van der Waals surface area contributed by atoms with Gasteiger partial charge in [-0.1, -0.05) is 23.7 Å². The van der Waals surface area contributed by atoms with Gasteiger partial charge in [0.2, 0.25) is 30.4 Å². The van der Waals surface area contributed by atoms with E-state index in [-0.39, 0.29) is 19.8 Å². The number of hydrogen-bond donors (Lipinski definition) is 3. The van der Waals surface area contributed by atoms with Gasteiger partial charge in [0, 0.05) is 18.0 Å². The van der Waals surface area contributed by atoms with Crippen molar-refractivity contribution in [3.8, 4) is 11.5 Å². The molecule has 4 amide bonds. The number of halogens is 1. The van der Waals surface area contributed by atoms with Gasteiger partial charge in [0.15, 0.2) is 11.5 Å². The molecule has 180 valence electrons. The molecule has 4 N–H and O–H groups in total. The Kier molecular flexibility index (Phi) is 4.64. The number of nitrogens with two attached hydrogens (primary N) is 1. The van der Waals surface area contributed by atoms with Crippen LogP contribution in [0, 0.1) is 18.8 Å². The Labute approximate surface area is 204 Å². The SMILES string of the molecule is Cc1cc(Cl)c2c(c1)[C@]1(N[C@H](CC(N)=O)[C@H]3C(=O)N(Cc4ccc5c(c4)OCO5)C(=O)[C@H]31)C(=O)N2. The van der Waals surface area contributed by atoms with Crippen LogP contribution in [0.25, 0.3) is 0 Å². The van der Waals surface area contributed by atoms with Crippen molar-refractivity contribution in [2.45, 2.75) is 31.5 Å². The van der Waals surface area contributed by atoms with Crippen molar-refractivity contribution in [1.82, 2.24) is 10.2 Å². The Morgan fingerprint density at radius 3 is 2.71 bits per heavy atom. The molecule has 4 heterocycles. The minimum atomic E-state index is -1.55. The molecule has 11 heteroatoms. The summed E-state index contributed by atoms with van der Waals surface area (Å²) < 4.78 is 10.7. The van der Waals surface area contributed by atoms with E-state index < -0.39 is 47.0 Å². The van der Waals surface area contributed by atoms with Gasteiger partial charge in [0.25, 0.3) is 0 Å². The Morgan fingerprint density at radius 2 is 1.94 bits per heavy atom. The van der Waals surface area contributed by atoms with E-state index in [0.717, 1.165) is 10.5 Å². The van der Waals surface area contributed by atoms with Crippen LogP contribution in [-0.4, -0.2) is 41.4 Å². The second-order valence-corrected chi connectivity index (χ2v) is 9.71. The standard InChI is InChI=1S/C24H21ClN4O6/c1-10-4-12-20(13(25)5-10)27-23(33)24(12)19-18(14(28-24)7-17(26)30)21(31)29(22(19)32)8-11-2-3-15-16(6-11)35-9-34-15/h2-6,14,18-19,28H,7-9H2,1H3,(H2,26,30)(H,27,33)/t14-,18-,19+,24-/m1/s1. The monoisotopic (exact) mass is 496 g/mol. The molecule has 0 radical (unpaired) electrons. The Morgan fingerprint density at radius 1 is 1.17 bits per heavy atom. The lowest BCUT2D eigenvalue weighted by Gasteiger charge is -2.29. The van der Waals surface area contributed by atoms with E-state index in [1.807, 2.05) is 6.92 Å². The third-order valence-electron chi connectivity index (χ3n) is 7.21. The summed E-state index contributed by atoms with van der Waals surface area (Å²) in [5.74, 6) is -3.00. The van der Waals surface area contributed by atoms with Crippen LogP contribution in [0.15, 0.2) is 30.3 Å². The number of nitrogens with one attached hydrogen (secondary N) is 2. The number of carbonyl (C=O) groups is 4. The van der Waals surface area contributed by atoms with Crippen molar-refractivity contribution >= 4 is 40.9 Å². The summed E-state index contributed by atoms with van der Waals surface area (Å²) in [6.45, 7) is 1.91. The van der Waals surface area contributed by atoms with Crippen LogP contribution in [0.2, 0.25) is 5.02 Å². The number of imide groups is 1. The lowest BCUT2D eigenvalue weighted by Crippen LogP contribution is -2.53. The highest BCUT2D eigenvalue weighted by atomic mass is 35.5. The number of rotatable bonds is 4. The number of primary amides is 1. The molecule has 0 saturated carbocycles. The van der Waals surface area contributed by atoms with Crippen LogP contribution in [0.3, 0.4) is 0 Å². The molecule has 4 atom stereocenters. The van der Waals surface area contributed by atoms with E-state index in [1.165, 1.54) is 0 Å². The Bertz CT molecular complexity index is 1350. The van der Waals surface area contributed by atoms with Crippen molar-refractivity contribution in [1.29, 1.82) is 0 Å². The van der Waals surface area contributed by atoms with E-state index >= 15 is 0 Å². The number of benzene rings is 2. The number of likely N-dealkylation sites (tertiary alicyclic amines) is 1. The molecule has 0 bridgehead atoms. The van der Waals surface area contributed by atoms with Crippen molar-refractivity contribution in [3.05, 3.63) is 52.0 Å². The summed E-state index contributed by atoms with van der Waals surface area (Å²) in [5, 5.41) is 6.27. The number of hydrogen-bond acceptors (Lipinski definition) is 7. The van der Waals surface area contributed by atoms with Crippen LogP contribution in [0.1, 0.15) is 23.1 Å². The first-order chi connectivity index (χ1) is 16.7. The molecule has 4 aliphatic rings. The van der Waals surface area contributed by atoms with Crippen molar-refractivity contribution < 1.29 is 28.7 Å². The molecule has 0 aromatic heterocycles. The first-order valence-corrected chi connectivity index (χ1v) is 11.5. The molecule has 2 saturated heterocycles. The smallest absolute Gasteiger partial charge is 0.250 e. The fraction of sp³-hybridized carbons (Fsp3) is 0.333. The molecule has 0 aliphatic carbocycles. The van der Waals surface area contributed by atoms with Crippen LogP contribution in [-0.2, 0) is 31.3 Å². The highest BCUT2D eigenvalue weighted by molar-refractivity contribution is 6.35. The number of nitrogens with zero attached hydrogens (tertiary/aromatic N) is 1. The molecule has 1 spiro atoms. The first-order valence-electron chi connectivity index (χ1n) is 11.1. The van der Waals surface area contributed by atoms with E-state index in [0.29, 0.717) is 33.3 Å². The fourth-order valence-electron chi connectivity index (χ4n) is 5.82. The van der Waals surface area contributed by atoms with E-state index in [2.05, 4.69) is 10.6 Å². The van der Waals surface area contributed by atoms with Crippen molar-refractivity contribution in [2.24, 2.45) is 17.6 Å². The van der Waals surface area contributed by atoms with Crippen molar-refractivity contribution in [2.75, 3.05) is 12.1 Å². The van der Waals surface area contributed by atoms with Crippen LogP contribution in [0.5, 0.6) is 11.5 Å². The molecule has 6 rings (SSSR count). The van der Waals surface area contributed by atoms with Gasteiger partial charge in [0.1, 0.15) is 5.54 Å². The lowest BCUT2D eigenvalue weighted by atomic mass is 9.76. The van der Waals surface area contributed by atoms with Gasteiger partial charge in [-0.25, -0.2) is 0 Å². The zero-order valence-electron chi connectivity index (χ0n) is 18.6. The van der Waals surface area contributed by atoms with Gasteiger partial charge in [0.05, 0.1) is 29.1 Å². The summed E-state index contributed by atoms with van der Waals surface area (Å²) in [6, 6.07) is 7.86. The number of amides is 4. The first kappa shape index (κ1) is 21.9. The van der Waals surface area contributed by atoms with Crippen LogP contribution >= 0.6 is 11.6 Å². The number of carbonyl (C=O) groups excluding carboxylic acids is 4. The number of aryl methyl sites for hydroxylation is 1. The maximum Gasteiger partial charge on any atom is 0.250 e. The summed E-state index contributed by atoms with van der Waals surface area (Å²) in [5.41, 5.74) is 6.26. The Hall–Kier alpha value is -3.63. The van der Waals surface area contributed by atoms with Crippen LogP contribution in [0.4, 0.5) is 5.69 Å². The molecule has 10 nitrogen and oxygen atoms in total. The highest BCUT2D eigenvalue weighted by Crippen LogP contribution is 2.55. The second-order valence-electron chi connectivity index (χ2n) is 9.31. The van der Waals surface area contributed by atoms with Crippen molar-refractivity contribution in [3.63, 3.8) is 0 Å². The molecular weight excluding hydrogens is 476 g/mol. The molecule has 35 heavy (non-hydrogen) atoms. The van der Waals surface area contributed by atoms with E-state index in [9.17, 15) is 19.2 Å². The third kappa shape index (κ3) is 2.99. The number of ether oxygens (including phenoxy) is 2. The fourth-order valence-corrected chi connectivity index (χ4v) is 6.14. The predicted molar refractivity (Wildman–Crippen MR) is 122 cm³/mol. The maximum absolute atomic E-state index is 13.8. The quantitative estimate of drug-likeness (QED) is 0.540. The zero-order chi connectivity index (χ0) is 24.6. The second kappa shape index (κ2) is 7.43. The van der Waals surface area contributed by atoms with Gasteiger partial charge in [-0.2, -0.15) is 0 Å². The minimum Gasteiger partial charge on any atom is -0.454 e. The molecule has 2 fully saturated rings. The zero-order valence-corrected chi connectivity index (χ0v) is 19.3. The molecule has 4 aliphatic heterocycles. The molecule has 2 aromatic carbocycles. The van der Waals surface area contributed by atoms with E-state index in [4.69, 9.17) is 26.8 Å². The van der Waals surface area contributed by atoms with Gasteiger partial charge in [-0.3, -0.25) is 29.4 Å². The average Bonchev–Trinajstić information content (AvgIpc) is 3.51. The molecule has 0 unspecified atom stereocenters. The van der Waals surface area contributed by atoms with Gasteiger partial charge in [-0.05, 0) is 36.2 Å². The average molecular weight is 497 g/mol. The van der Waals surface area contributed by atoms with Gasteiger partial charge in [-0.15, -0.1) is 0 Å². The number of anilines is 1. The largest absolute Gasteiger partial charge is 0.454 e. The Balaban J connectivity index is 1.44. The van der Waals surface area contributed by atoms with Gasteiger partial charge >= 0.3 is 0 Å².